The molecule has 1 N–H and O–H groups in total. The number of nitrogens with one attached hydrogen (secondary N) is 1. The average Bonchev–Trinajstić information content (AvgIpc) is 2.88. The molecule has 1 aromatic rings. The molecule has 2 rings (SSSR count). The Labute approximate surface area is 155 Å². The molecule has 1 aliphatic rings. The fourth-order valence-electron chi connectivity index (χ4n) is 3.29. The first-order valence-electron chi connectivity index (χ1n) is 9.35. The van der Waals surface area contributed by atoms with Gasteiger partial charge in [0.1, 0.15) is 11.4 Å². The average molecular weight is 365 g/mol. The number of carbonyl (C=O) groups is 2. The summed E-state index contributed by atoms with van der Waals surface area (Å²) in [6, 6.07) is 0.0217. The van der Waals surface area contributed by atoms with Gasteiger partial charge in [0.25, 0.3) is 0 Å². The second-order valence-electron chi connectivity index (χ2n) is 7.92. The van der Waals surface area contributed by atoms with E-state index in [-0.39, 0.29) is 11.9 Å². The molecule has 0 radical (unpaired) electrons. The van der Waals surface area contributed by atoms with Gasteiger partial charge in [-0.05, 0) is 60.3 Å². The van der Waals surface area contributed by atoms with E-state index in [9.17, 15) is 9.59 Å². The molecule has 0 aromatic carbocycles. The Bertz CT molecular complexity index is 614. The molecule has 7 nitrogen and oxygen atoms in total. The lowest BCUT2D eigenvalue weighted by Gasteiger charge is -2.36. The number of alkyl carbamates (subject to hydrolysis) is 1. The third-order valence-electron chi connectivity index (χ3n) is 4.60. The first-order valence-corrected chi connectivity index (χ1v) is 9.35. The number of aryl methyl sites for hydroxylation is 2. The van der Waals surface area contributed by atoms with Crippen LogP contribution in [0.5, 0.6) is 0 Å². The predicted octanol–water partition coefficient (Wildman–Crippen LogP) is 3.13. The zero-order valence-electron chi connectivity index (χ0n) is 16.6. The van der Waals surface area contributed by atoms with Crippen LogP contribution in [0.2, 0.25) is 0 Å². The van der Waals surface area contributed by atoms with E-state index in [1.54, 1.807) is 0 Å². The number of piperidine rings is 1. The number of nitrogens with zero attached hydrogens (tertiary/aromatic N) is 2. The summed E-state index contributed by atoms with van der Waals surface area (Å²) in [6.45, 7) is 10.4. The van der Waals surface area contributed by atoms with Gasteiger partial charge in [-0.3, -0.25) is 4.79 Å². The Morgan fingerprint density at radius 1 is 1.31 bits per heavy atom. The summed E-state index contributed by atoms with van der Waals surface area (Å²) < 4.78 is 10.4. The SMILES string of the molecule is Cc1noc(C)c1CCC(=O)N1CCCCC1CNC(=O)OC(C)(C)C. The summed E-state index contributed by atoms with van der Waals surface area (Å²) >= 11 is 0. The topological polar surface area (TPSA) is 84.7 Å². The maximum absolute atomic E-state index is 12.7. The summed E-state index contributed by atoms with van der Waals surface area (Å²) in [5.74, 6) is 0.887. The molecule has 7 heteroatoms. The number of hydrogen-bond acceptors (Lipinski definition) is 5. The number of likely N-dealkylation sites (tertiary alicyclic amines) is 1. The molecule has 0 bridgehead atoms. The maximum atomic E-state index is 12.7. The van der Waals surface area contributed by atoms with Crippen molar-refractivity contribution >= 4 is 12.0 Å². The van der Waals surface area contributed by atoms with E-state index in [4.69, 9.17) is 9.26 Å². The molecule has 0 spiro atoms. The summed E-state index contributed by atoms with van der Waals surface area (Å²) in [7, 11) is 0. The molecule has 1 aliphatic heterocycles. The molecule has 1 saturated heterocycles. The molecule has 2 heterocycles. The third-order valence-corrected chi connectivity index (χ3v) is 4.60. The van der Waals surface area contributed by atoms with Crippen molar-refractivity contribution in [3.05, 3.63) is 17.0 Å². The van der Waals surface area contributed by atoms with Crippen LogP contribution in [0.3, 0.4) is 0 Å². The van der Waals surface area contributed by atoms with E-state index in [2.05, 4.69) is 10.5 Å². The summed E-state index contributed by atoms with van der Waals surface area (Å²) in [4.78, 5) is 26.5. The van der Waals surface area contributed by atoms with Crippen molar-refractivity contribution in [1.29, 1.82) is 0 Å². The van der Waals surface area contributed by atoms with Crippen LogP contribution < -0.4 is 5.32 Å². The second kappa shape index (κ2) is 8.56. The van der Waals surface area contributed by atoms with Gasteiger partial charge in [-0.15, -0.1) is 0 Å². The summed E-state index contributed by atoms with van der Waals surface area (Å²) in [6.07, 6.45) is 3.57. The Morgan fingerprint density at radius 3 is 2.65 bits per heavy atom. The highest BCUT2D eigenvalue weighted by Crippen LogP contribution is 2.20. The third kappa shape index (κ3) is 5.75. The van der Waals surface area contributed by atoms with Crippen molar-refractivity contribution in [1.82, 2.24) is 15.4 Å². The molecular weight excluding hydrogens is 334 g/mol. The Morgan fingerprint density at radius 2 is 2.04 bits per heavy atom. The van der Waals surface area contributed by atoms with Gasteiger partial charge in [0.2, 0.25) is 5.91 Å². The molecule has 1 aromatic heterocycles. The molecule has 1 unspecified atom stereocenters. The zero-order chi connectivity index (χ0) is 19.3. The lowest BCUT2D eigenvalue weighted by atomic mass is 10.0. The number of amides is 2. The van der Waals surface area contributed by atoms with Crippen LogP contribution in [0.25, 0.3) is 0 Å². The molecule has 1 fully saturated rings. The largest absolute Gasteiger partial charge is 0.444 e. The van der Waals surface area contributed by atoms with Gasteiger partial charge in [-0.25, -0.2) is 4.79 Å². The fraction of sp³-hybridized carbons (Fsp3) is 0.737. The molecule has 1 atom stereocenters. The van der Waals surface area contributed by atoms with Crippen molar-refractivity contribution in [2.75, 3.05) is 13.1 Å². The van der Waals surface area contributed by atoms with E-state index >= 15 is 0 Å². The fourth-order valence-corrected chi connectivity index (χ4v) is 3.29. The van der Waals surface area contributed by atoms with Gasteiger partial charge in [-0.2, -0.15) is 0 Å². The monoisotopic (exact) mass is 365 g/mol. The first kappa shape index (κ1) is 20.3. The summed E-state index contributed by atoms with van der Waals surface area (Å²) in [5.41, 5.74) is 1.33. The minimum absolute atomic E-state index is 0.0217. The highest BCUT2D eigenvalue weighted by Gasteiger charge is 2.28. The van der Waals surface area contributed by atoms with Crippen molar-refractivity contribution in [3.63, 3.8) is 0 Å². The smallest absolute Gasteiger partial charge is 0.407 e. The Hall–Kier alpha value is -2.05. The quantitative estimate of drug-likeness (QED) is 0.866. The first-order chi connectivity index (χ1) is 12.2. The zero-order valence-corrected chi connectivity index (χ0v) is 16.6. The van der Waals surface area contributed by atoms with Crippen LogP contribution in [-0.2, 0) is 16.0 Å². The van der Waals surface area contributed by atoms with Gasteiger partial charge in [0.15, 0.2) is 0 Å². The molecule has 146 valence electrons. The van der Waals surface area contributed by atoms with Gasteiger partial charge in [-0.1, -0.05) is 5.16 Å². The highest BCUT2D eigenvalue weighted by molar-refractivity contribution is 5.77. The van der Waals surface area contributed by atoms with Crippen LogP contribution in [-0.4, -0.2) is 46.8 Å². The minimum atomic E-state index is -0.527. The van der Waals surface area contributed by atoms with Crippen LogP contribution >= 0.6 is 0 Å². The molecule has 26 heavy (non-hydrogen) atoms. The second-order valence-corrected chi connectivity index (χ2v) is 7.92. The minimum Gasteiger partial charge on any atom is -0.444 e. The normalized spacial score (nSPS) is 17.9. The van der Waals surface area contributed by atoms with Gasteiger partial charge >= 0.3 is 6.09 Å². The highest BCUT2D eigenvalue weighted by atomic mass is 16.6. The number of hydrogen-bond donors (Lipinski definition) is 1. The Balaban J connectivity index is 1.88. The van der Waals surface area contributed by atoms with Crippen molar-refractivity contribution in [2.45, 2.75) is 78.4 Å². The molecular formula is C19H31N3O4. The molecule has 0 aliphatic carbocycles. The van der Waals surface area contributed by atoms with E-state index < -0.39 is 11.7 Å². The van der Waals surface area contributed by atoms with Gasteiger partial charge < -0.3 is 19.5 Å². The lowest BCUT2D eigenvalue weighted by molar-refractivity contribution is -0.134. The van der Waals surface area contributed by atoms with Crippen molar-refractivity contribution in [3.8, 4) is 0 Å². The summed E-state index contributed by atoms with van der Waals surface area (Å²) in [5, 5.41) is 6.74. The lowest BCUT2D eigenvalue weighted by Crippen LogP contribution is -2.50. The van der Waals surface area contributed by atoms with E-state index in [1.807, 2.05) is 39.5 Å². The number of rotatable bonds is 5. The molecule has 2 amide bonds. The van der Waals surface area contributed by atoms with Crippen LogP contribution in [0.15, 0.2) is 4.52 Å². The number of ether oxygens (including phenoxy) is 1. The standard InChI is InChI=1S/C19H31N3O4/c1-13-16(14(2)26-21-13)9-10-17(23)22-11-7-6-8-15(22)12-20-18(24)25-19(3,4)5/h15H,6-12H2,1-5H3,(H,20,24). The van der Waals surface area contributed by atoms with Crippen molar-refractivity contribution < 1.29 is 18.8 Å². The van der Waals surface area contributed by atoms with Crippen LogP contribution in [0, 0.1) is 13.8 Å². The van der Waals surface area contributed by atoms with E-state index in [0.29, 0.717) is 19.4 Å². The van der Waals surface area contributed by atoms with Crippen LogP contribution in [0.1, 0.15) is 63.5 Å². The van der Waals surface area contributed by atoms with Gasteiger partial charge in [0.05, 0.1) is 5.69 Å². The van der Waals surface area contributed by atoms with E-state index in [0.717, 1.165) is 42.8 Å². The predicted molar refractivity (Wildman–Crippen MR) is 97.9 cm³/mol. The van der Waals surface area contributed by atoms with Crippen molar-refractivity contribution in [2.24, 2.45) is 0 Å². The number of carbonyl (C=O) groups excluding carboxylic acids is 2. The maximum Gasteiger partial charge on any atom is 0.407 e. The molecule has 0 saturated carbocycles. The number of aromatic nitrogens is 1. The van der Waals surface area contributed by atoms with Crippen LogP contribution in [0.4, 0.5) is 4.79 Å². The Kier molecular flexibility index (Phi) is 6.67. The van der Waals surface area contributed by atoms with E-state index in [1.165, 1.54) is 0 Å². The van der Waals surface area contributed by atoms with Gasteiger partial charge in [0, 0.05) is 31.1 Å².